The summed E-state index contributed by atoms with van der Waals surface area (Å²) in [6.07, 6.45) is 0. The van der Waals surface area contributed by atoms with E-state index in [2.05, 4.69) is 288 Å². The van der Waals surface area contributed by atoms with Gasteiger partial charge in [0, 0.05) is 55.5 Å². The molecule has 0 saturated carbocycles. The monoisotopic (exact) mass is 1030 g/mol. The Balaban J connectivity index is 1.04. The van der Waals surface area contributed by atoms with Crippen LogP contribution in [0.2, 0.25) is 5.02 Å². The maximum Gasteiger partial charge on any atom is 0.143 e. The molecule has 0 bridgehead atoms. The lowest BCUT2D eigenvalue weighted by Gasteiger charge is -2.36. The lowest BCUT2D eigenvalue weighted by Crippen LogP contribution is -2.21. The van der Waals surface area contributed by atoms with E-state index in [1.165, 1.54) is 27.4 Å². The SMILES string of the molecule is CC(C)(C)c1ccc(N(c2ccc(C(C)(C)C)cc2)c2cccc(N(c3ccc(-c4cccc5c4oc4ccccc45)cc3)c3cc(C(C)(C)C)cc(N4c5ccccc5-n5c6ccccc6c6cccc4c65)c3Cl)c2)cc1. The van der Waals surface area contributed by atoms with Crippen LogP contribution in [-0.2, 0) is 16.2 Å². The Labute approximate surface area is 463 Å². The zero-order valence-corrected chi connectivity index (χ0v) is 46.6. The predicted molar refractivity (Wildman–Crippen MR) is 332 cm³/mol. The van der Waals surface area contributed by atoms with E-state index >= 15 is 0 Å². The molecule has 10 aromatic carbocycles. The summed E-state index contributed by atoms with van der Waals surface area (Å²) in [5.74, 6) is 0. The van der Waals surface area contributed by atoms with Gasteiger partial charge in [-0.15, -0.1) is 0 Å². The Bertz CT molecular complexity index is 4220. The van der Waals surface area contributed by atoms with Crippen LogP contribution in [-0.4, -0.2) is 4.57 Å². The van der Waals surface area contributed by atoms with Crippen LogP contribution in [0.25, 0.3) is 60.6 Å². The van der Waals surface area contributed by atoms with Crippen molar-refractivity contribution in [1.29, 1.82) is 0 Å². The molecule has 0 radical (unpaired) electrons. The number of halogens is 1. The van der Waals surface area contributed by atoms with E-state index in [-0.39, 0.29) is 16.2 Å². The summed E-state index contributed by atoms with van der Waals surface area (Å²) in [4.78, 5) is 7.13. The Kier molecular flexibility index (Phi) is 11.5. The predicted octanol–water partition coefficient (Wildman–Crippen LogP) is 21.6. The van der Waals surface area contributed by atoms with Gasteiger partial charge in [-0.05, 0) is 136 Å². The van der Waals surface area contributed by atoms with E-state index in [1.807, 2.05) is 12.1 Å². The van der Waals surface area contributed by atoms with Gasteiger partial charge >= 0.3 is 0 Å². The molecule has 0 saturated heterocycles. The summed E-state index contributed by atoms with van der Waals surface area (Å²) in [5, 5.41) is 5.27. The summed E-state index contributed by atoms with van der Waals surface area (Å²) in [6, 6.07) is 79.4. The number of nitrogens with zero attached hydrogens (tertiary/aromatic N) is 4. The molecular formula is C72H63ClN4O. The lowest BCUT2D eigenvalue weighted by atomic mass is 9.86. The molecule has 78 heavy (non-hydrogen) atoms. The van der Waals surface area contributed by atoms with Crippen molar-refractivity contribution in [2.45, 2.75) is 78.6 Å². The van der Waals surface area contributed by atoms with Gasteiger partial charge < -0.3 is 23.7 Å². The standard InChI is InChI=1S/C72H63ClN4O/c1-70(2,3)47-33-39-50(40-34-47)74(51-41-35-48(36-42-51)71(4,5)6)53-19-16-20-54(45-53)75(52-37-31-46(32-38-52)55-23-17-25-59-57-22-11-15-30-66(57)78-69(55)59)64-43-49(72(7,8)9)44-65(67(64)73)76-61-27-13-14-28-62(61)77-60-26-12-10-21-56(60)58-24-18-29-63(76)68(58)77/h10-45H,1-9H3. The number of hydrogen-bond donors (Lipinski definition) is 0. The summed E-state index contributed by atoms with van der Waals surface area (Å²) in [6.45, 7) is 20.5. The van der Waals surface area contributed by atoms with Crippen LogP contribution in [0.1, 0.15) is 79.0 Å². The highest BCUT2D eigenvalue weighted by molar-refractivity contribution is 6.37. The number of fused-ring (bicyclic) bond motifs is 8. The highest BCUT2D eigenvalue weighted by Gasteiger charge is 2.33. The topological polar surface area (TPSA) is 27.8 Å². The fourth-order valence-electron chi connectivity index (χ4n) is 11.6. The van der Waals surface area contributed by atoms with Gasteiger partial charge in [0.15, 0.2) is 0 Å². The second kappa shape index (κ2) is 18.3. The molecule has 1 aliphatic heterocycles. The van der Waals surface area contributed by atoms with Crippen molar-refractivity contribution in [3.05, 3.63) is 240 Å². The first-order chi connectivity index (χ1) is 37.5. The summed E-state index contributed by atoms with van der Waals surface area (Å²) in [5.41, 5.74) is 19.8. The van der Waals surface area contributed by atoms with Gasteiger partial charge in [-0.1, -0.05) is 195 Å². The van der Waals surface area contributed by atoms with E-state index in [0.717, 1.165) is 101 Å². The molecule has 0 unspecified atom stereocenters. The smallest absolute Gasteiger partial charge is 0.143 e. The van der Waals surface area contributed by atoms with Gasteiger partial charge in [0.2, 0.25) is 0 Å². The summed E-state index contributed by atoms with van der Waals surface area (Å²) in [7, 11) is 0. The third kappa shape index (κ3) is 8.22. The van der Waals surface area contributed by atoms with Crippen LogP contribution in [0, 0.1) is 0 Å². The normalized spacial score (nSPS) is 12.7. The quantitative estimate of drug-likeness (QED) is 0.152. The molecule has 3 heterocycles. The summed E-state index contributed by atoms with van der Waals surface area (Å²) < 4.78 is 9.02. The van der Waals surface area contributed by atoms with Crippen LogP contribution in [0.3, 0.4) is 0 Å². The molecule has 0 atom stereocenters. The first-order valence-corrected chi connectivity index (χ1v) is 27.6. The van der Waals surface area contributed by atoms with Crippen LogP contribution in [0.5, 0.6) is 0 Å². The molecule has 6 heteroatoms. The zero-order chi connectivity index (χ0) is 53.8. The molecule has 0 aliphatic carbocycles. The highest BCUT2D eigenvalue weighted by atomic mass is 35.5. The molecule has 2 aromatic heterocycles. The lowest BCUT2D eigenvalue weighted by molar-refractivity contribution is 0.590. The first-order valence-electron chi connectivity index (χ1n) is 27.2. The highest BCUT2D eigenvalue weighted by Crippen LogP contribution is 2.55. The number of benzene rings is 10. The van der Waals surface area contributed by atoms with Crippen molar-refractivity contribution in [3.63, 3.8) is 0 Å². The molecular weight excluding hydrogens is 972 g/mol. The first kappa shape index (κ1) is 49.1. The van der Waals surface area contributed by atoms with E-state index in [1.54, 1.807) is 0 Å². The van der Waals surface area contributed by atoms with Crippen LogP contribution < -0.4 is 14.7 Å². The average molecular weight is 1040 g/mol. The third-order valence-corrected chi connectivity index (χ3v) is 16.2. The molecule has 13 rings (SSSR count). The Morgan fingerprint density at radius 1 is 0.385 bits per heavy atom. The Hall–Kier alpha value is -8.51. The number of rotatable bonds is 8. The van der Waals surface area contributed by atoms with E-state index < -0.39 is 0 Å². The zero-order valence-electron chi connectivity index (χ0n) is 45.9. The number of para-hydroxylation sites is 6. The maximum atomic E-state index is 8.28. The fraction of sp³-hybridized carbons (Fsp3) is 0.167. The summed E-state index contributed by atoms with van der Waals surface area (Å²) >= 11 is 8.28. The molecule has 0 fully saturated rings. The van der Waals surface area contributed by atoms with Crippen LogP contribution >= 0.6 is 11.6 Å². The molecule has 0 spiro atoms. The van der Waals surface area contributed by atoms with Gasteiger partial charge in [0.05, 0.1) is 44.5 Å². The number of hydrogen-bond acceptors (Lipinski definition) is 4. The molecule has 0 N–H and O–H groups in total. The molecule has 12 aromatic rings. The largest absolute Gasteiger partial charge is 0.455 e. The number of furan rings is 1. The van der Waals surface area contributed by atoms with E-state index in [9.17, 15) is 0 Å². The Morgan fingerprint density at radius 3 is 1.56 bits per heavy atom. The molecule has 1 aliphatic rings. The minimum Gasteiger partial charge on any atom is -0.455 e. The van der Waals surface area contributed by atoms with Gasteiger partial charge in [-0.3, -0.25) is 0 Å². The van der Waals surface area contributed by atoms with Crippen molar-refractivity contribution in [2.75, 3.05) is 14.7 Å². The minimum atomic E-state index is -0.262. The maximum absolute atomic E-state index is 8.28. The fourth-order valence-corrected chi connectivity index (χ4v) is 11.9. The second-order valence-corrected chi connectivity index (χ2v) is 24.4. The molecule has 0 amide bonds. The Morgan fingerprint density at radius 2 is 0.897 bits per heavy atom. The van der Waals surface area contributed by atoms with Crippen LogP contribution in [0.4, 0.5) is 51.2 Å². The third-order valence-electron chi connectivity index (χ3n) is 15.8. The van der Waals surface area contributed by atoms with Crippen molar-refractivity contribution in [3.8, 4) is 16.8 Å². The number of anilines is 9. The molecule has 5 nitrogen and oxygen atoms in total. The van der Waals surface area contributed by atoms with Crippen molar-refractivity contribution >= 4 is 107 Å². The van der Waals surface area contributed by atoms with Gasteiger partial charge in [0.25, 0.3) is 0 Å². The van der Waals surface area contributed by atoms with Crippen LogP contribution in [0.15, 0.2) is 223 Å². The van der Waals surface area contributed by atoms with Gasteiger partial charge in [-0.25, -0.2) is 0 Å². The van der Waals surface area contributed by atoms with Crippen molar-refractivity contribution < 1.29 is 4.42 Å². The van der Waals surface area contributed by atoms with Crippen molar-refractivity contribution in [1.82, 2.24) is 4.57 Å². The second-order valence-electron chi connectivity index (χ2n) is 24.0. The van der Waals surface area contributed by atoms with Crippen molar-refractivity contribution in [2.24, 2.45) is 0 Å². The molecule has 384 valence electrons. The van der Waals surface area contributed by atoms with E-state index in [4.69, 9.17) is 16.0 Å². The van der Waals surface area contributed by atoms with E-state index in [0.29, 0.717) is 5.02 Å². The van der Waals surface area contributed by atoms with Gasteiger partial charge in [0.1, 0.15) is 11.2 Å². The number of aromatic nitrogens is 1. The van der Waals surface area contributed by atoms with Gasteiger partial charge in [-0.2, -0.15) is 0 Å². The minimum absolute atomic E-state index is 0.00713. The average Bonchev–Trinajstić information content (AvgIpc) is 4.00.